The fourth-order valence-corrected chi connectivity index (χ4v) is 2.14. The molecule has 0 fully saturated rings. The van der Waals surface area contributed by atoms with E-state index < -0.39 is 0 Å². The molecule has 0 atom stereocenters. The molecule has 84 valence electrons. The lowest BCUT2D eigenvalue weighted by Gasteiger charge is -2.19. The summed E-state index contributed by atoms with van der Waals surface area (Å²) >= 11 is 2.28. The van der Waals surface area contributed by atoms with Gasteiger partial charge in [-0.15, -0.1) is 0 Å². The predicted molar refractivity (Wildman–Crippen MR) is 75.0 cm³/mol. The Labute approximate surface area is 110 Å². The second-order valence-electron chi connectivity index (χ2n) is 4.86. The number of nitrogens with zero attached hydrogens (tertiary/aromatic N) is 2. The number of halogens is 1. The number of hydrogen-bond donors (Lipinski definition) is 0. The molecule has 1 aromatic heterocycles. The SMILES string of the molecule is CC(C)(C)c1ccc(-n2nccc2I)cc1. The van der Waals surface area contributed by atoms with Gasteiger partial charge in [-0.25, -0.2) is 4.68 Å². The van der Waals surface area contributed by atoms with E-state index in [-0.39, 0.29) is 5.41 Å². The van der Waals surface area contributed by atoms with Crippen molar-refractivity contribution in [3.63, 3.8) is 0 Å². The van der Waals surface area contributed by atoms with E-state index in [4.69, 9.17) is 0 Å². The number of rotatable bonds is 1. The van der Waals surface area contributed by atoms with Crippen LogP contribution in [-0.2, 0) is 5.41 Å². The fraction of sp³-hybridized carbons (Fsp3) is 0.308. The first-order chi connectivity index (χ1) is 7.48. The zero-order valence-electron chi connectivity index (χ0n) is 9.74. The number of hydrogen-bond acceptors (Lipinski definition) is 1. The molecule has 3 heteroatoms. The quantitative estimate of drug-likeness (QED) is 0.730. The molecule has 2 nitrogen and oxygen atoms in total. The lowest BCUT2D eigenvalue weighted by atomic mass is 9.87. The maximum Gasteiger partial charge on any atom is 0.105 e. The third-order valence-electron chi connectivity index (χ3n) is 2.57. The summed E-state index contributed by atoms with van der Waals surface area (Å²) in [5.41, 5.74) is 2.66. The highest BCUT2D eigenvalue weighted by atomic mass is 127. The van der Waals surface area contributed by atoms with Crippen molar-refractivity contribution in [3.05, 3.63) is 45.8 Å². The van der Waals surface area contributed by atoms with Gasteiger partial charge in [-0.05, 0) is 51.8 Å². The minimum Gasteiger partial charge on any atom is -0.228 e. The highest BCUT2D eigenvalue weighted by Gasteiger charge is 2.13. The van der Waals surface area contributed by atoms with Crippen LogP contribution in [0.5, 0.6) is 0 Å². The molecule has 0 radical (unpaired) electrons. The molecule has 1 aromatic carbocycles. The van der Waals surface area contributed by atoms with Crippen LogP contribution in [0.1, 0.15) is 26.3 Å². The molecular weight excluding hydrogens is 311 g/mol. The Bertz CT molecular complexity index is 477. The molecule has 0 saturated heterocycles. The topological polar surface area (TPSA) is 17.8 Å². The van der Waals surface area contributed by atoms with E-state index >= 15 is 0 Å². The van der Waals surface area contributed by atoms with Crippen molar-refractivity contribution < 1.29 is 0 Å². The summed E-state index contributed by atoms with van der Waals surface area (Å²) in [7, 11) is 0. The standard InChI is InChI=1S/C13H15IN2/c1-13(2,3)10-4-6-11(7-5-10)16-12(14)8-9-15-16/h4-9H,1-3H3. The molecule has 0 aliphatic heterocycles. The minimum absolute atomic E-state index is 0.204. The molecule has 0 bridgehead atoms. The van der Waals surface area contributed by atoms with Crippen LogP contribution < -0.4 is 0 Å². The van der Waals surface area contributed by atoms with Crippen molar-refractivity contribution >= 4 is 22.6 Å². The van der Waals surface area contributed by atoms with Crippen molar-refractivity contribution in [2.45, 2.75) is 26.2 Å². The summed E-state index contributed by atoms with van der Waals surface area (Å²) in [6.07, 6.45) is 1.82. The largest absolute Gasteiger partial charge is 0.228 e. The second-order valence-corrected chi connectivity index (χ2v) is 5.97. The predicted octanol–water partition coefficient (Wildman–Crippen LogP) is 3.77. The van der Waals surface area contributed by atoms with Gasteiger partial charge in [-0.2, -0.15) is 5.10 Å². The molecular formula is C13H15IN2. The highest BCUT2D eigenvalue weighted by Crippen LogP contribution is 2.23. The zero-order valence-corrected chi connectivity index (χ0v) is 11.9. The van der Waals surface area contributed by atoms with Gasteiger partial charge in [0.05, 0.1) is 11.9 Å². The lowest BCUT2D eigenvalue weighted by Crippen LogP contribution is -2.11. The van der Waals surface area contributed by atoms with Gasteiger partial charge in [0, 0.05) is 0 Å². The summed E-state index contributed by atoms with van der Waals surface area (Å²) in [6.45, 7) is 6.67. The van der Waals surface area contributed by atoms with Crippen LogP contribution in [0.25, 0.3) is 5.69 Å². The smallest absolute Gasteiger partial charge is 0.105 e. The average molecular weight is 326 g/mol. The van der Waals surface area contributed by atoms with E-state index in [0.29, 0.717) is 0 Å². The summed E-state index contributed by atoms with van der Waals surface area (Å²) < 4.78 is 3.06. The van der Waals surface area contributed by atoms with Crippen molar-refractivity contribution in [2.24, 2.45) is 0 Å². The normalized spacial score (nSPS) is 11.8. The van der Waals surface area contributed by atoms with Gasteiger partial charge in [0.2, 0.25) is 0 Å². The maximum absolute atomic E-state index is 4.29. The Hall–Kier alpha value is -0.840. The van der Waals surface area contributed by atoms with Crippen LogP contribution in [-0.4, -0.2) is 9.78 Å². The van der Waals surface area contributed by atoms with Crippen molar-refractivity contribution in [3.8, 4) is 5.69 Å². The second kappa shape index (κ2) is 4.20. The Balaban J connectivity index is 2.37. The van der Waals surface area contributed by atoms with Crippen LogP contribution in [0.3, 0.4) is 0 Å². The molecule has 2 aromatic rings. The molecule has 16 heavy (non-hydrogen) atoms. The van der Waals surface area contributed by atoms with Crippen LogP contribution in [0.2, 0.25) is 0 Å². The summed E-state index contributed by atoms with van der Waals surface area (Å²) in [4.78, 5) is 0. The lowest BCUT2D eigenvalue weighted by molar-refractivity contribution is 0.590. The summed E-state index contributed by atoms with van der Waals surface area (Å²) in [5, 5.41) is 4.29. The monoisotopic (exact) mass is 326 g/mol. The van der Waals surface area contributed by atoms with Crippen LogP contribution in [0, 0.1) is 3.70 Å². The third-order valence-corrected chi connectivity index (χ3v) is 3.39. The average Bonchev–Trinajstić information content (AvgIpc) is 2.63. The number of aromatic nitrogens is 2. The first kappa shape index (κ1) is 11.6. The fourth-order valence-electron chi connectivity index (χ4n) is 1.58. The third kappa shape index (κ3) is 2.29. The zero-order chi connectivity index (χ0) is 11.8. The van der Waals surface area contributed by atoms with Gasteiger partial charge in [-0.3, -0.25) is 0 Å². The molecule has 2 rings (SSSR count). The molecule has 0 N–H and O–H groups in total. The van der Waals surface area contributed by atoms with E-state index in [2.05, 4.69) is 72.7 Å². The van der Waals surface area contributed by atoms with Gasteiger partial charge in [0.1, 0.15) is 3.70 Å². The van der Waals surface area contributed by atoms with E-state index in [0.717, 1.165) is 9.39 Å². The van der Waals surface area contributed by atoms with Gasteiger partial charge in [0.25, 0.3) is 0 Å². The molecule has 0 amide bonds. The van der Waals surface area contributed by atoms with Crippen LogP contribution >= 0.6 is 22.6 Å². The van der Waals surface area contributed by atoms with Crippen LogP contribution in [0.4, 0.5) is 0 Å². The van der Waals surface area contributed by atoms with Gasteiger partial charge < -0.3 is 0 Å². The minimum atomic E-state index is 0.204. The Morgan fingerprint density at radius 2 is 1.69 bits per heavy atom. The van der Waals surface area contributed by atoms with E-state index in [1.807, 2.05) is 16.9 Å². The Morgan fingerprint density at radius 3 is 2.12 bits per heavy atom. The first-order valence-corrected chi connectivity index (χ1v) is 6.37. The first-order valence-electron chi connectivity index (χ1n) is 5.29. The highest BCUT2D eigenvalue weighted by molar-refractivity contribution is 14.1. The molecule has 0 unspecified atom stereocenters. The van der Waals surface area contributed by atoms with E-state index in [1.165, 1.54) is 5.56 Å². The van der Waals surface area contributed by atoms with Gasteiger partial charge in [0.15, 0.2) is 0 Å². The molecule has 0 spiro atoms. The molecule has 0 aliphatic carbocycles. The summed E-state index contributed by atoms with van der Waals surface area (Å²) in [5.74, 6) is 0. The van der Waals surface area contributed by atoms with Crippen molar-refractivity contribution in [1.29, 1.82) is 0 Å². The molecule has 0 aliphatic rings. The van der Waals surface area contributed by atoms with Crippen LogP contribution in [0.15, 0.2) is 36.5 Å². The summed E-state index contributed by atoms with van der Waals surface area (Å²) in [6, 6.07) is 10.6. The van der Waals surface area contributed by atoms with Gasteiger partial charge in [-0.1, -0.05) is 32.9 Å². The van der Waals surface area contributed by atoms with Gasteiger partial charge >= 0.3 is 0 Å². The molecule has 1 heterocycles. The van der Waals surface area contributed by atoms with Crippen molar-refractivity contribution in [2.75, 3.05) is 0 Å². The Kier molecular flexibility index (Phi) is 3.06. The maximum atomic E-state index is 4.29. The van der Waals surface area contributed by atoms with Crippen molar-refractivity contribution in [1.82, 2.24) is 9.78 Å². The van der Waals surface area contributed by atoms with E-state index in [9.17, 15) is 0 Å². The molecule has 0 saturated carbocycles. The Morgan fingerprint density at radius 1 is 1.06 bits per heavy atom. The van der Waals surface area contributed by atoms with E-state index in [1.54, 1.807) is 0 Å². The number of benzene rings is 1.